The monoisotopic (exact) mass is 438 g/mol. The molecule has 1 aromatic heterocycles. The van der Waals surface area contributed by atoms with Crippen molar-refractivity contribution in [2.75, 3.05) is 26.8 Å². The van der Waals surface area contributed by atoms with Crippen molar-refractivity contribution in [2.24, 2.45) is 4.99 Å². The fraction of sp³-hybridized carbons (Fsp3) is 0.773. The maximum absolute atomic E-state index is 12.0. The third-order valence-corrected chi connectivity index (χ3v) is 6.56. The second-order valence-corrected chi connectivity index (χ2v) is 8.77. The van der Waals surface area contributed by atoms with Gasteiger partial charge >= 0.3 is 5.97 Å². The van der Waals surface area contributed by atoms with Crippen molar-refractivity contribution in [3.8, 4) is 0 Å². The summed E-state index contributed by atoms with van der Waals surface area (Å²) in [7, 11) is 1.76. The van der Waals surface area contributed by atoms with E-state index in [4.69, 9.17) is 9.47 Å². The number of nitrogens with one attached hydrogen (secondary N) is 2. The van der Waals surface area contributed by atoms with Crippen LogP contribution in [0, 0.1) is 6.92 Å². The van der Waals surface area contributed by atoms with Crippen LogP contribution in [0.3, 0.4) is 0 Å². The fourth-order valence-electron chi connectivity index (χ4n) is 3.54. The molecule has 8 heteroatoms. The Morgan fingerprint density at radius 1 is 1.27 bits per heavy atom. The first kappa shape index (κ1) is 24.6. The van der Waals surface area contributed by atoms with Gasteiger partial charge in [-0.2, -0.15) is 0 Å². The highest BCUT2D eigenvalue weighted by atomic mass is 32.1. The highest BCUT2D eigenvalue weighted by Crippen LogP contribution is 2.24. The van der Waals surface area contributed by atoms with Crippen LogP contribution in [0.5, 0.6) is 0 Å². The molecule has 0 saturated heterocycles. The van der Waals surface area contributed by atoms with Crippen molar-refractivity contribution in [3.63, 3.8) is 0 Å². The van der Waals surface area contributed by atoms with Gasteiger partial charge in [0.1, 0.15) is 9.88 Å². The molecule has 0 bridgehead atoms. The van der Waals surface area contributed by atoms with Crippen LogP contribution in [-0.2, 0) is 9.47 Å². The van der Waals surface area contributed by atoms with Gasteiger partial charge < -0.3 is 20.1 Å². The minimum absolute atomic E-state index is 0.0540. The second kappa shape index (κ2) is 13.6. The molecule has 1 fully saturated rings. The standard InChI is InChI=1S/C22H38N4O3S/c1-5-28-21(27)19-16(2)25-20(30-19)17(3)26-22(23-4)24-14-10-11-15-29-18-12-8-6-7-9-13-18/h17-18H,5-15H2,1-4H3,(H2,23,24,26). The summed E-state index contributed by atoms with van der Waals surface area (Å²) < 4.78 is 11.1. The van der Waals surface area contributed by atoms with Crippen LogP contribution >= 0.6 is 11.3 Å². The number of aryl methyl sites for hydroxylation is 1. The molecule has 1 aromatic rings. The quantitative estimate of drug-likeness (QED) is 0.185. The summed E-state index contributed by atoms with van der Waals surface area (Å²) in [5.74, 6) is 0.428. The average molecular weight is 439 g/mol. The lowest BCUT2D eigenvalue weighted by Gasteiger charge is -2.17. The first-order valence-corrected chi connectivity index (χ1v) is 12.1. The Kier molecular flexibility index (Phi) is 11.1. The van der Waals surface area contributed by atoms with Crippen molar-refractivity contribution in [2.45, 2.75) is 84.3 Å². The molecule has 0 amide bonds. The molecule has 1 aliphatic carbocycles. The van der Waals surface area contributed by atoms with E-state index < -0.39 is 0 Å². The smallest absolute Gasteiger partial charge is 0.350 e. The van der Waals surface area contributed by atoms with Gasteiger partial charge in [-0.25, -0.2) is 9.78 Å². The molecular weight excluding hydrogens is 400 g/mol. The number of unbranched alkanes of at least 4 members (excludes halogenated alkanes) is 1. The van der Waals surface area contributed by atoms with Gasteiger partial charge in [-0.05, 0) is 46.5 Å². The summed E-state index contributed by atoms with van der Waals surface area (Å²) in [6.45, 7) is 7.69. The Bertz CT molecular complexity index is 669. The maximum Gasteiger partial charge on any atom is 0.350 e. The number of carbonyl (C=O) groups is 1. The molecule has 0 radical (unpaired) electrons. The molecule has 0 aromatic carbocycles. The molecule has 0 spiro atoms. The van der Waals surface area contributed by atoms with E-state index in [-0.39, 0.29) is 12.0 Å². The minimum atomic E-state index is -0.306. The number of ether oxygens (including phenoxy) is 2. The molecule has 1 atom stereocenters. The molecule has 1 aliphatic rings. The van der Waals surface area contributed by atoms with Crippen LogP contribution in [0.4, 0.5) is 0 Å². The van der Waals surface area contributed by atoms with E-state index >= 15 is 0 Å². The Morgan fingerprint density at radius 2 is 2.00 bits per heavy atom. The number of hydrogen-bond acceptors (Lipinski definition) is 6. The molecular formula is C22H38N4O3S. The fourth-order valence-corrected chi connectivity index (χ4v) is 4.51. The van der Waals surface area contributed by atoms with Crippen LogP contribution in [0.2, 0.25) is 0 Å². The normalized spacial score (nSPS) is 16.7. The van der Waals surface area contributed by atoms with E-state index in [0.29, 0.717) is 23.3 Å². The number of esters is 1. The van der Waals surface area contributed by atoms with Gasteiger partial charge in [-0.3, -0.25) is 4.99 Å². The van der Waals surface area contributed by atoms with E-state index in [2.05, 4.69) is 20.6 Å². The van der Waals surface area contributed by atoms with Gasteiger partial charge in [0.15, 0.2) is 5.96 Å². The van der Waals surface area contributed by atoms with Crippen molar-refractivity contribution in [1.29, 1.82) is 0 Å². The van der Waals surface area contributed by atoms with Crippen LogP contribution < -0.4 is 10.6 Å². The number of rotatable bonds is 10. The SMILES string of the molecule is CCOC(=O)c1sc(C(C)NC(=NC)NCCCCOC2CCCCCC2)nc1C. The van der Waals surface area contributed by atoms with Crippen LogP contribution in [0.1, 0.15) is 91.6 Å². The number of aliphatic imine (C=N–C) groups is 1. The number of thiazole rings is 1. The molecule has 1 unspecified atom stereocenters. The minimum Gasteiger partial charge on any atom is -0.462 e. The topological polar surface area (TPSA) is 84.8 Å². The van der Waals surface area contributed by atoms with Gasteiger partial charge in [-0.15, -0.1) is 11.3 Å². The van der Waals surface area contributed by atoms with Gasteiger partial charge in [0, 0.05) is 20.2 Å². The summed E-state index contributed by atoms with van der Waals surface area (Å²) in [5.41, 5.74) is 0.707. The molecule has 7 nitrogen and oxygen atoms in total. The van der Waals surface area contributed by atoms with Gasteiger partial charge in [0.2, 0.25) is 0 Å². The first-order chi connectivity index (χ1) is 14.5. The molecule has 0 aliphatic heterocycles. The molecule has 2 rings (SSSR count). The Hall–Kier alpha value is -1.67. The highest BCUT2D eigenvalue weighted by molar-refractivity contribution is 7.13. The summed E-state index contributed by atoms with van der Waals surface area (Å²) >= 11 is 1.37. The number of hydrogen-bond donors (Lipinski definition) is 2. The largest absolute Gasteiger partial charge is 0.462 e. The Morgan fingerprint density at radius 3 is 2.67 bits per heavy atom. The molecule has 2 N–H and O–H groups in total. The van der Waals surface area contributed by atoms with E-state index in [0.717, 1.165) is 37.0 Å². The van der Waals surface area contributed by atoms with Gasteiger partial charge in [0.05, 0.1) is 24.4 Å². The first-order valence-electron chi connectivity index (χ1n) is 11.3. The lowest BCUT2D eigenvalue weighted by Crippen LogP contribution is -2.39. The lowest BCUT2D eigenvalue weighted by atomic mass is 10.1. The van der Waals surface area contributed by atoms with Gasteiger partial charge in [0.25, 0.3) is 0 Å². The van der Waals surface area contributed by atoms with E-state index in [1.54, 1.807) is 14.0 Å². The molecule has 1 saturated carbocycles. The zero-order valence-corrected chi connectivity index (χ0v) is 19.8. The Balaban J connectivity index is 1.68. The zero-order chi connectivity index (χ0) is 21.8. The van der Waals surface area contributed by atoms with Crippen molar-refractivity contribution in [1.82, 2.24) is 15.6 Å². The molecule has 170 valence electrons. The third kappa shape index (κ3) is 8.22. The van der Waals surface area contributed by atoms with E-state index in [1.807, 2.05) is 13.8 Å². The zero-order valence-electron chi connectivity index (χ0n) is 19.0. The predicted molar refractivity (Wildman–Crippen MR) is 122 cm³/mol. The van der Waals surface area contributed by atoms with Crippen molar-refractivity contribution >= 4 is 23.3 Å². The number of carbonyl (C=O) groups excluding carboxylic acids is 1. The van der Waals surface area contributed by atoms with E-state index in [9.17, 15) is 4.79 Å². The maximum atomic E-state index is 12.0. The van der Waals surface area contributed by atoms with Crippen molar-refractivity contribution in [3.05, 3.63) is 15.6 Å². The highest BCUT2D eigenvalue weighted by Gasteiger charge is 2.20. The number of nitrogens with zero attached hydrogens (tertiary/aromatic N) is 2. The van der Waals surface area contributed by atoms with Gasteiger partial charge in [-0.1, -0.05) is 25.7 Å². The summed E-state index contributed by atoms with van der Waals surface area (Å²) in [6.07, 6.45) is 10.3. The predicted octanol–water partition coefficient (Wildman–Crippen LogP) is 4.37. The number of guanidine groups is 1. The number of aromatic nitrogens is 1. The summed E-state index contributed by atoms with van der Waals surface area (Å²) in [5, 5.41) is 7.54. The summed E-state index contributed by atoms with van der Waals surface area (Å²) in [6, 6.07) is -0.0540. The molecule has 30 heavy (non-hydrogen) atoms. The van der Waals surface area contributed by atoms with E-state index in [1.165, 1.54) is 49.9 Å². The average Bonchev–Trinajstić information content (AvgIpc) is 2.95. The lowest BCUT2D eigenvalue weighted by molar-refractivity contribution is 0.0411. The Labute approximate surface area is 185 Å². The van der Waals surface area contributed by atoms with Crippen molar-refractivity contribution < 1.29 is 14.3 Å². The molecule has 1 heterocycles. The summed E-state index contributed by atoms with van der Waals surface area (Å²) in [4.78, 5) is 21.4. The van der Waals surface area contributed by atoms with Crippen LogP contribution in [-0.4, -0.2) is 49.8 Å². The third-order valence-electron chi connectivity index (χ3n) is 5.24. The van der Waals surface area contributed by atoms with Crippen LogP contribution in [0.15, 0.2) is 4.99 Å². The second-order valence-electron chi connectivity index (χ2n) is 7.74. The van der Waals surface area contributed by atoms with Crippen LogP contribution in [0.25, 0.3) is 0 Å².